The molecule has 2 saturated carbocycles. The van der Waals surface area contributed by atoms with Crippen LogP contribution in [0.25, 0.3) is 0 Å². The Morgan fingerprint density at radius 1 is 1.23 bits per heavy atom. The Balaban J connectivity index is 1.73. The summed E-state index contributed by atoms with van der Waals surface area (Å²) in [7, 11) is 0. The predicted octanol–water partition coefficient (Wildman–Crippen LogP) is 4.69. The van der Waals surface area contributed by atoms with Crippen LogP contribution < -0.4 is 0 Å². The second-order valence-corrected chi connectivity index (χ2v) is 9.55. The maximum absolute atomic E-state index is 13.6. The van der Waals surface area contributed by atoms with Gasteiger partial charge in [0.2, 0.25) is 0 Å². The Morgan fingerprint density at radius 3 is 2.58 bits per heavy atom. The van der Waals surface area contributed by atoms with E-state index in [9.17, 15) is 23.1 Å². The molecule has 4 rings (SSSR count). The SMILES string of the molecule is C[C@@H]1CC2=CC(=O)C(O)C[C@]2(C)[C@H]2CC[C@]3(C)[C@@H](C(F)(F)F)C=C[C@H]3[C@H]12. The van der Waals surface area contributed by atoms with Crippen molar-refractivity contribution in [1.29, 1.82) is 0 Å². The standard InChI is InChI=1S/C21H27F3O2/c1-11-8-12-9-15(25)16(26)10-20(12,3)14-6-7-19(2)13(18(11)14)4-5-17(19)21(22,23)24/h4-5,9,11,13-14,16-18,26H,6-8,10H2,1-3H3/t11-,13+,14+,16?,17+,18+,19+,20+/m1/s1. The van der Waals surface area contributed by atoms with Crippen LogP contribution in [0.5, 0.6) is 0 Å². The molecule has 4 aliphatic rings. The molecule has 0 aliphatic heterocycles. The normalized spacial score (nSPS) is 50.7. The van der Waals surface area contributed by atoms with Crippen LogP contribution in [0, 0.1) is 40.4 Å². The summed E-state index contributed by atoms with van der Waals surface area (Å²) in [6.45, 7) is 6.04. The van der Waals surface area contributed by atoms with Gasteiger partial charge in [-0.2, -0.15) is 13.2 Å². The molecule has 26 heavy (non-hydrogen) atoms. The molecule has 2 fully saturated rings. The van der Waals surface area contributed by atoms with E-state index in [0.29, 0.717) is 12.8 Å². The first kappa shape index (κ1) is 18.3. The van der Waals surface area contributed by atoms with E-state index >= 15 is 0 Å². The summed E-state index contributed by atoms with van der Waals surface area (Å²) in [5.74, 6) is -1.05. The van der Waals surface area contributed by atoms with Crippen molar-refractivity contribution in [1.82, 2.24) is 0 Å². The summed E-state index contributed by atoms with van der Waals surface area (Å²) in [4.78, 5) is 12.0. The van der Waals surface area contributed by atoms with E-state index in [-0.39, 0.29) is 34.9 Å². The van der Waals surface area contributed by atoms with Crippen LogP contribution >= 0.6 is 0 Å². The number of hydrogen-bond donors (Lipinski definition) is 1. The fourth-order valence-electron chi connectivity index (χ4n) is 6.88. The summed E-state index contributed by atoms with van der Waals surface area (Å²) in [6.07, 6.45) is 2.08. The highest BCUT2D eigenvalue weighted by molar-refractivity contribution is 5.95. The third-order valence-electron chi connectivity index (χ3n) is 8.22. The van der Waals surface area contributed by atoms with Gasteiger partial charge in [0, 0.05) is 0 Å². The number of carbonyl (C=O) groups is 1. The van der Waals surface area contributed by atoms with E-state index in [1.54, 1.807) is 6.08 Å². The molecule has 0 spiro atoms. The summed E-state index contributed by atoms with van der Waals surface area (Å²) in [6, 6.07) is 0. The fourth-order valence-corrected chi connectivity index (χ4v) is 6.88. The molecule has 0 amide bonds. The molecule has 8 atom stereocenters. The number of alkyl halides is 3. The number of halogens is 3. The van der Waals surface area contributed by atoms with Gasteiger partial charge in [0.15, 0.2) is 5.78 Å². The number of rotatable bonds is 0. The zero-order valence-electron chi connectivity index (χ0n) is 15.5. The van der Waals surface area contributed by atoms with Gasteiger partial charge in [0.05, 0.1) is 5.92 Å². The molecule has 4 aliphatic carbocycles. The molecular weight excluding hydrogens is 341 g/mol. The highest BCUT2D eigenvalue weighted by Gasteiger charge is 2.63. The highest BCUT2D eigenvalue weighted by atomic mass is 19.4. The lowest BCUT2D eigenvalue weighted by molar-refractivity contribution is -0.205. The van der Waals surface area contributed by atoms with Crippen molar-refractivity contribution in [3.63, 3.8) is 0 Å². The predicted molar refractivity (Wildman–Crippen MR) is 92.1 cm³/mol. The van der Waals surface area contributed by atoms with Crippen molar-refractivity contribution in [3.8, 4) is 0 Å². The second-order valence-electron chi connectivity index (χ2n) is 9.55. The Bertz CT molecular complexity index is 694. The van der Waals surface area contributed by atoms with Gasteiger partial charge in [-0.25, -0.2) is 0 Å². The molecule has 0 bridgehead atoms. The lowest BCUT2D eigenvalue weighted by atomic mass is 9.44. The summed E-state index contributed by atoms with van der Waals surface area (Å²) in [5.41, 5.74) is 0.0455. The molecule has 2 nitrogen and oxygen atoms in total. The van der Waals surface area contributed by atoms with Gasteiger partial charge in [-0.1, -0.05) is 38.5 Å². The molecule has 144 valence electrons. The fraction of sp³-hybridized carbons (Fsp3) is 0.762. The second kappa shape index (κ2) is 5.46. The molecule has 0 aromatic rings. The zero-order valence-corrected chi connectivity index (χ0v) is 15.5. The van der Waals surface area contributed by atoms with E-state index in [0.717, 1.165) is 18.4 Å². The summed E-state index contributed by atoms with van der Waals surface area (Å²) in [5, 5.41) is 10.2. The van der Waals surface area contributed by atoms with Gasteiger partial charge in [-0.05, 0) is 66.3 Å². The summed E-state index contributed by atoms with van der Waals surface area (Å²) < 4.78 is 40.8. The number of aliphatic hydroxyl groups excluding tert-OH is 1. The van der Waals surface area contributed by atoms with Crippen molar-refractivity contribution in [2.75, 3.05) is 0 Å². The minimum absolute atomic E-state index is 0.0870. The van der Waals surface area contributed by atoms with Gasteiger partial charge in [-0.15, -0.1) is 0 Å². The van der Waals surface area contributed by atoms with E-state index in [1.807, 2.05) is 13.0 Å². The molecular formula is C21H27F3O2. The number of aliphatic hydroxyl groups is 1. The summed E-state index contributed by atoms with van der Waals surface area (Å²) >= 11 is 0. The minimum Gasteiger partial charge on any atom is -0.385 e. The molecule has 1 unspecified atom stereocenters. The van der Waals surface area contributed by atoms with Gasteiger partial charge < -0.3 is 5.11 Å². The maximum atomic E-state index is 13.6. The monoisotopic (exact) mass is 368 g/mol. The van der Waals surface area contributed by atoms with Crippen LogP contribution in [-0.2, 0) is 4.79 Å². The Labute approximate surface area is 152 Å². The number of ketones is 1. The van der Waals surface area contributed by atoms with E-state index in [1.165, 1.54) is 6.08 Å². The molecule has 0 saturated heterocycles. The van der Waals surface area contributed by atoms with Crippen LogP contribution in [0.2, 0.25) is 0 Å². The van der Waals surface area contributed by atoms with Gasteiger partial charge in [-0.3, -0.25) is 4.79 Å². The Kier molecular flexibility index (Phi) is 3.84. The largest absolute Gasteiger partial charge is 0.395 e. The molecule has 0 aromatic carbocycles. The van der Waals surface area contributed by atoms with Crippen LogP contribution in [0.3, 0.4) is 0 Å². The van der Waals surface area contributed by atoms with E-state index in [2.05, 4.69) is 13.8 Å². The van der Waals surface area contributed by atoms with Crippen LogP contribution in [0.15, 0.2) is 23.8 Å². The zero-order chi connectivity index (χ0) is 19.1. The molecule has 0 radical (unpaired) electrons. The first-order chi connectivity index (χ1) is 12.0. The number of allylic oxidation sites excluding steroid dienone is 3. The topological polar surface area (TPSA) is 37.3 Å². The first-order valence-electron chi connectivity index (χ1n) is 9.66. The minimum atomic E-state index is -4.20. The van der Waals surface area contributed by atoms with E-state index in [4.69, 9.17) is 0 Å². The van der Waals surface area contributed by atoms with Crippen molar-refractivity contribution in [3.05, 3.63) is 23.8 Å². The van der Waals surface area contributed by atoms with Crippen LogP contribution in [0.1, 0.15) is 46.5 Å². The van der Waals surface area contributed by atoms with Crippen LogP contribution in [-0.4, -0.2) is 23.2 Å². The van der Waals surface area contributed by atoms with Crippen molar-refractivity contribution < 1.29 is 23.1 Å². The molecule has 0 heterocycles. The smallest absolute Gasteiger partial charge is 0.385 e. The average Bonchev–Trinajstić information content (AvgIpc) is 2.87. The van der Waals surface area contributed by atoms with Gasteiger partial charge >= 0.3 is 6.18 Å². The number of hydrogen-bond acceptors (Lipinski definition) is 2. The van der Waals surface area contributed by atoms with Gasteiger partial charge in [0.25, 0.3) is 0 Å². The third kappa shape index (κ3) is 2.31. The lowest BCUT2D eigenvalue weighted by Crippen LogP contribution is -2.55. The average molecular weight is 368 g/mol. The van der Waals surface area contributed by atoms with Crippen molar-refractivity contribution in [2.45, 2.75) is 58.7 Å². The van der Waals surface area contributed by atoms with Crippen LogP contribution in [0.4, 0.5) is 13.2 Å². The Morgan fingerprint density at radius 2 is 1.92 bits per heavy atom. The maximum Gasteiger partial charge on any atom is 0.395 e. The first-order valence-corrected chi connectivity index (χ1v) is 9.66. The third-order valence-corrected chi connectivity index (χ3v) is 8.22. The highest BCUT2D eigenvalue weighted by Crippen LogP contribution is 2.67. The number of fused-ring (bicyclic) bond motifs is 5. The molecule has 0 aromatic heterocycles. The molecule has 1 N–H and O–H groups in total. The lowest BCUT2D eigenvalue weighted by Gasteiger charge is -2.60. The molecule has 5 heteroatoms. The van der Waals surface area contributed by atoms with Crippen molar-refractivity contribution in [2.24, 2.45) is 40.4 Å². The number of carbonyl (C=O) groups excluding carboxylic acids is 1. The van der Waals surface area contributed by atoms with Crippen molar-refractivity contribution >= 4 is 5.78 Å². The van der Waals surface area contributed by atoms with E-state index < -0.39 is 23.6 Å². The Hall–Kier alpha value is -1.10. The van der Waals surface area contributed by atoms with Gasteiger partial charge in [0.1, 0.15) is 6.10 Å². The quantitative estimate of drug-likeness (QED) is 0.630.